The number of Topliss-reactive ketones (excluding diaryl/α,β-unsaturated/α-hetero) is 1. The molecule has 0 aromatic heterocycles. The van der Waals surface area contributed by atoms with Crippen LogP contribution in [0.15, 0.2) is 24.3 Å². The third-order valence-corrected chi connectivity index (χ3v) is 4.38. The lowest BCUT2D eigenvalue weighted by atomic mass is 9.95. The number of rotatable bonds is 2. The highest BCUT2D eigenvalue weighted by atomic mass is 16.1. The van der Waals surface area contributed by atoms with Gasteiger partial charge in [-0.2, -0.15) is 0 Å². The van der Waals surface area contributed by atoms with Crippen molar-refractivity contribution in [3.63, 3.8) is 0 Å². The minimum Gasteiger partial charge on any atom is -0.364 e. The van der Waals surface area contributed by atoms with E-state index in [1.807, 2.05) is 0 Å². The molecule has 2 atom stereocenters. The first kappa shape index (κ1) is 11.8. The van der Waals surface area contributed by atoms with Crippen molar-refractivity contribution in [3.05, 3.63) is 29.8 Å². The van der Waals surface area contributed by atoms with E-state index in [2.05, 4.69) is 43.0 Å². The van der Waals surface area contributed by atoms with Gasteiger partial charge >= 0.3 is 0 Å². The summed E-state index contributed by atoms with van der Waals surface area (Å²) in [4.78, 5) is 14.2. The van der Waals surface area contributed by atoms with Crippen molar-refractivity contribution in [3.8, 4) is 0 Å². The Hall–Kier alpha value is -1.31. The fraction of sp³-hybridized carbons (Fsp3) is 0.562. The van der Waals surface area contributed by atoms with Crippen molar-refractivity contribution in [2.45, 2.75) is 57.5 Å². The van der Waals surface area contributed by atoms with Crippen LogP contribution in [0.5, 0.6) is 0 Å². The topological polar surface area (TPSA) is 20.3 Å². The largest absolute Gasteiger partial charge is 0.364 e. The molecular formula is C16H21NO. The van der Waals surface area contributed by atoms with Gasteiger partial charge in [0.1, 0.15) is 5.78 Å². The lowest BCUT2D eigenvalue weighted by Crippen LogP contribution is -2.43. The Morgan fingerprint density at radius 2 is 1.72 bits per heavy atom. The summed E-state index contributed by atoms with van der Waals surface area (Å²) in [7, 11) is 0. The number of fused-ring (bicyclic) bond motifs is 2. The molecule has 3 rings (SSSR count). The van der Waals surface area contributed by atoms with Gasteiger partial charge in [-0.25, -0.2) is 0 Å². The second-order valence-electron chi connectivity index (χ2n) is 5.95. The predicted molar refractivity (Wildman–Crippen MR) is 74.1 cm³/mol. The molecule has 2 fully saturated rings. The molecule has 0 aliphatic carbocycles. The van der Waals surface area contributed by atoms with Gasteiger partial charge in [-0.3, -0.25) is 4.79 Å². The van der Waals surface area contributed by atoms with Gasteiger partial charge in [-0.15, -0.1) is 0 Å². The highest BCUT2D eigenvalue weighted by Crippen LogP contribution is 2.40. The number of para-hydroxylation sites is 1. The van der Waals surface area contributed by atoms with E-state index in [0.717, 1.165) is 12.8 Å². The predicted octanol–water partition coefficient (Wildman–Crippen LogP) is 3.51. The van der Waals surface area contributed by atoms with Crippen LogP contribution in [0, 0.1) is 0 Å². The number of benzene rings is 1. The smallest absolute Gasteiger partial charge is 0.137 e. The second kappa shape index (κ2) is 4.42. The number of nitrogens with zero attached hydrogens (tertiary/aromatic N) is 1. The Bertz CT molecular complexity index is 450. The van der Waals surface area contributed by atoms with Crippen LogP contribution in [0.4, 0.5) is 5.69 Å². The number of ketones is 1. The van der Waals surface area contributed by atoms with Crippen LogP contribution in [0.2, 0.25) is 0 Å². The average Bonchev–Trinajstić information content (AvgIpc) is 2.61. The second-order valence-corrected chi connectivity index (χ2v) is 5.95. The number of hydrogen-bond donors (Lipinski definition) is 0. The van der Waals surface area contributed by atoms with Gasteiger partial charge in [-0.1, -0.05) is 32.0 Å². The van der Waals surface area contributed by atoms with Crippen molar-refractivity contribution in [1.82, 2.24) is 0 Å². The summed E-state index contributed by atoms with van der Waals surface area (Å²) >= 11 is 0. The minimum atomic E-state index is 0.455. The quantitative estimate of drug-likeness (QED) is 0.792. The maximum Gasteiger partial charge on any atom is 0.137 e. The summed E-state index contributed by atoms with van der Waals surface area (Å²) in [6.45, 7) is 4.49. The fourth-order valence-electron chi connectivity index (χ4n) is 3.58. The van der Waals surface area contributed by atoms with E-state index in [1.54, 1.807) is 0 Å². The fourth-order valence-corrected chi connectivity index (χ4v) is 3.58. The number of hydrogen-bond acceptors (Lipinski definition) is 2. The Kier molecular flexibility index (Phi) is 2.89. The van der Waals surface area contributed by atoms with Gasteiger partial charge in [0.2, 0.25) is 0 Å². The van der Waals surface area contributed by atoms with E-state index in [-0.39, 0.29) is 0 Å². The Morgan fingerprint density at radius 3 is 2.33 bits per heavy atom. The van der Waals surface area contributed by atoms with E-state index in [9.17, 15) is 4.79 Å². The Labute approximate surface area is 109 Å². The molecule has 2 aliphatic rings. The van der Waals surface area contributed by atoms with Gasteiger partial charge in [0, 0.05) is 30.6 Å². The van der Waals surface area contributed by atoms with Gasteiger partial charge in [0.25, 0.3) is 0 Å². The van der Waals surface area contributed by atoms with Gasteiger partial charge in [0.05, 0.1) is 0 Å². The lowest BCUT2D eigenvalue weighted by molar-refractivity contribution is -0.120. The monoisotopic (exact) mass is 243 g/mol. The molecule has 2 bridgehead atoms. The molecule has 2 heterocycles. The molecule has 0 saturated carbocycles. The highest BCUT2D eigenvalue weighted by Gasteiger charge is 2.40. The third kappa shape index (κ3) is 1.84. The molecule has 2 saturated heterocycles. The Morgan fingerprint density at radius 1 is 1.11 bits per heavy atom. The first-order valence-electron chi connectivity index (χ1n) is 7.05. The molecular weight excluding hydrogens is 222 g/mol. The Balaban J connectivity index is 1.99. The zero-order valence-electron chi connectivity index (χ0n) is 11.2. The van der Waals surface area contributed by atoms with Gasteiger partial charge < -0.3 is 4.90 Å². The van der Waals surface area contributed by atoms with Crippen LogP contribution in [-0.2, 0) is 4.79 Å². The zero-order valence-corrected chi connectivity index (χ0v) is 11.2. The van der Waals surface area contributed by atoms with E-state index < -0.39 is 0 Å². The van der Waals surface area contributed by atoms with Crippen molar-refractivity contribution < 1.29 is 4.79 Å². The zero-order chi connectivity index (χ0) is 12.7. The van der Waals surface area contributed by atoms with Crippen molar-refractivity contribution >= 4 is 11.5 Å². The summed E-state index contributed by atoms with van der Waals surface area (Å²) < 4.78 is 0. The van der Waals surface area contributed by atoms with Crippen molar-refractivity contribution in [2.24, 2.45) is 0 Å². The molecule has 96 valence electrons. The van der Waals surface area contributed by atoms with Crippen LogP contribution >= 0.6 is 0 Å². The molecule has 0 radical (unpaired) electrons. The standard InChI is InChI=1S/C16H21NO/c1-11(2)15-5-3-4-6-16(15)17-12-7-8-13(17)10-14(18)9-12/h3-6,11-13H,7-10H2,1-2H3. The van der Waals surface area contributed by atoms with Crippen LogP contribution in [0.3, 0.4) is 0 Å². The van der Waals surface area contributed by atoms with Crippen LogP contribution < -0.4 is 4.90 Å². The molecule has 1 aromatic rings. The van der Waals surface area contributed by atoms with Crippen LogP contribution in [-0.4, -0.2) is 17.9 Å². The molecule has 2 aliphatic heterocycles. The highest BCUT2D eigenvalue weighted by molar-refractivity contribution is 5.83. The molecule has 2 nitrogen and oxygen atoms in total. The van der Waals surface area contributed by atoms with E-state index >= 15 is 0 Å². The molecule has 0 spiro atoms. The summed E-state index contributed by atoms with van der Waals surface area (Å²) in [5, 5.41) is 0. The molecule has 18 heavy (non-hydrogen) atoms. The number of anilines is 1. The third-order valence-electron chi connectivity index (χ3n) is 4.38. The first-order chi connectivity index (χ1) is 8.66. The normalized spacial score (nSPS) is 27.1. The maximum absolute atomic E-state index is 11.7. The summed E-state index contributed by atoms with van der Waals surface area (Å²) in [5.74, 6) is 0.999. The van der Waals surface area contributed by atoms with Gasteiger partial charge in [-0.05, 0) is 30.4 Å². The summed E-state index contributed by atoms with van der Waals surface area (Å²) in [5.41, 5.74) is 2.79. The van der Waals surface area contributed by atoms with Crippen molar-refractivity contribution in [2.75, 3.05) is 4.90 Å². The van der Waals surface area contributed by atoms with Gasteiger partial charge in [0.15, 0.2) is 0 Å². The average molecular weight is 243 g/mol. The number of piperidine rings is 1. The van der Waals surface area contributed by atoms with E-state index in [0.29, 0.717) is 23.8 Å². The first-order valence-corrected chi connectivity index (χ1v) is 7.05. The molecule has 1 aromatic carbocycles. The summed E-state index contributed by atoms with van der Waals surface area (Å²) in [6, 6.07) is 9.62. The summed E-state index contributed by atoms with van der Waals surface area (Å²) in [6.07, 6.45) is 3.87. The maximum atomic E-state index is 11.7. The van der Waals surface area contributed by atoms with Crippen LogP contribution in [0.1, 0.15) is 51.0 Å². The van der Waals surface area contributed by atoms with E-state index in [1.165, 1.54) is 24.1 Å². The molecule has 0 N–H and O–H groups in total. The number of carbonyl (C=O) groups is 1. The van der Waals surface area contributed by atoms with Crippen LogP contribution in [0.25, 0.3) is 0 Å². The molecule has 0 amide bonds. The van der Waals surface area contributed by atoms with Crippen molar-refractivity contribution in [1.29, 1.82) is 0 Å². The minimum absolute atomic E-state index is 0.455. The molecule has 2 unspecified atom stereocenters. The SMILES string of the molecule is CC(C)c1ccccc1N1C2CCC1CC(=O)C2. The number of carbonyl (C=O) groups excluding carboxylic acids is 1. The molecule has 2 heteroatoms. The van der Waals surface area contributed by atoms with E-state index in [4.69, 9.17) is 0 Å². The lowest BCUT2D eigenvalue weighted by Gasteiger charge is -2.37.